The van der Waals surface area contributed by atoms with Crippen molar-refractivity contribution in [1.29, 1.82) is 5.26 Å². The van der Waals surface area contributed by atoms with Crippen LogP contribution in [0.1, 0.15) is 16.7 Å². The number of hydrogen-bond donors (Lipinski definition) is 0. The zero-order chi connectivity index (χ0) is 13.8. The summed E-state index contributed by atoms with van der Waals surface area (Å²) in [5.41, 5.74) is 2.45. The van der Waals surface area contributed by atoms with Gasteiger partial charge in [0.05, 0.1) is 10.6 Å². The lowest BCUT2D eigenvalue weighted by Gasteiger charge is -2.09. The predicted octanol–water partition coefficient (Wildman–Crippen LogP) is 4.75. The molecule has 2 rings (SSSR count). The van der Waals surface area contributed by atoms with Gasteiger partial charge in [-0.3, -0.25) is 0 Å². The average molecular weight is 292 g/mol. The molecular formula is C15H11Cl2NO. The van der Waals surface area contributed by atoms with Crippen LogP contribution >= 0.6 is 23.2 Å². The van der Waals surface area contributed by atoms with Crippen molar-refractivity contribution in [2.75, 3.05) is 0 Å². The standard InChI is InChI=1S/C15H11Cl2NO/c1-10-2-3-12(14(16)6-10)9-19-13-5-4-11(8-18)15(17)7-13/h2-7H,9H2,1H3. The van der Waals surface area contributed by atoms with Crippen molar-refractivity contribution < 1.29 is 4.74 Å². The van der Waals surface area contributed by atoms with Crippen molar-refractivity contribution in [2.45, 2.75) is 13.5 Å². The molecule has 0 N–H and O–H groups in total. The third kappa shape index (κ3) is 3.41. The van der Waals surface area contributed by atoms with Gasteiger partial charge in [-0.05, 0) is 30.7 Å². The van der Waals surface area contributed by atoms with Gasteiger partial charge in [0, 0.05) is 16.7 Å². The summed E-state index contributed by atoms with van der Waals surface area (Å²) in [6.07, 6.45) is 0. The molecule has 2 aromatic rings. The van der Waals surface area contributed by atoms with Crippen LogP contribution in [-0.4, -0.2) is 0 Å². The molecule has 2 nitrogen and oxygen atoms in total. The summed E-state index contributed by atoms with van der Waals surface area (Å²) in [4.78, 5) is 0. The second kappa shape index (κ2) is 5.97. The van der Waals surface area contributed by atoms with E-state index in [0.29, 0.717) is 28.0 Å². The van der Waals surface area contributed by atoms with E-state index in [0.717, 1.165) is 11.1 Å². The second-order valence-corrected chi connectivity index (χ2v) is 4.95. The van der Waals surface area contributed by atoms with Crippen LogP contribution in [-0.2, 0) is 6.61 Å². The Kier molecular flexibility index (Phi) is 4.31. The molecule has 0 unspecified atom stereocenters. The highest BCUT2D eigenvalue weighted by Crippen LogP contribution is 2.24. The minimum Gasteiger partial charge on any atom is -0.489 e. The summed E-state index contributed by atoms with van der Waals surface area (Å²) in [7, 11) is 0. The Morgan fingerprint density at radius 1 is 1.11 bits per heavy atom. The first-order valence-electron chi connectivity index (χ1n) is 5.67. The molecule has 0 spiro atoms. The molecule has 0 saturated heterocycles. The summed E-state index contributed by atoms with van der Waals surface area (Å²) in [5, 5.41) is 9.85. The zero-order valence-corrected chi connectivity index (χ0v) is 11.8. The molecule has 0 bridgehead atoms. The second-order valence-electron chi connectivity index (χ2n) is 4.14. The molecule has 0 saturated carbocycles. The Morgan fingerprint density at radius 3 is 2.53 bits per heavy atom. The highest BCUT2D eigenvalue weighted by Gasteiger charge is 2.04. The van der Waals surface area contributed by atoms with Crippen molar-refractivity contribution in [3.8, 4) is 11.8 Å². The SMILES string of the molecule is Cc1ccc(COc2ccc(C#N)c(Cl)c2)c(Cl)c1. The van der Waals surface area contributed by atoms with Gasteiger partial charge in [-0.2, -0.15) is 5.26 Å². The highest BCUT2D eigenvalue weighted by molar-refractivity contribution is 6.32. The van der Waals surface area contributed by atoms with Gasteiger partial charge in [-0.1, -0.05) is 35.3 Å². The van der Waals surface area contributed by atoms with E-state index in [-0.39, 0.29) is 0 Å². The third-order valence-electron chi connectivity index (χ3n) is 2.66. The number of aryl methyl sites for hydroxylation is 1. The first-order chi connectivity index (χ1) is 9.10. The molecule has 0 fully saturated rings. The van der Waals surface area contributed by atoms with Gasteiger partial charge in [-0.25, -0.2) is 0 Å². The minimum absolute atomic E-state index is 0.362. The van der Waals surface area contributed by atoms with E-state index in [1.807, 2.05) is 31.2 Å². The quantitative estimate of drug-likeness (QED) is 0.817. The van der Waals surface area contributed by atoms with Crippen LogP contribution in [0, 0.1) is 18.3 Å². The van der Waals surface area contributed by atoms with E-state index < -0.39 is 0 Å². The summed E-state index contributed by atoms with van der Waals surface area (Å²) >= 11 is 12.1. The number of halogens is 2. The maximum absolute atomic E-state index is 8.79. The van der Waals surface area contributed by atoms with Crippen molar-refractivity contribution >= 4 is 23.2 Å². The van der Waals surface area contributed by atoms with Gasteiger partial charge < -0.3 is 4.74 Å². The molecule has 2 aromatic carbocycles. The fourth-order valence-electron chi connectivity index (χ4n) is 1.61. The van der Waals surface area contributed by atoms with Crippen molar-refractivity contribution in [2.24, 2.45) is 0 Å². The molecule has 0 aliphatic heterocycles. The molecule has 0 aliphatic rings. The van der Waals surface area contributed by atoms with Crippen LogP contribution in [0.25, 0.3) is 0 Å². The molecule has 4 heteroatoms. The molecule has 0 amide bonds. The van der Waals surface area contributed by atoms with E-state index in [9.17, 15) is 0 Å². The zero-order valence-electron chi connectivity index (χ0n) is 10.3. The van der Waals surface area contributed by atoms with Crippen molar-refractivity contribution in [1.82, 2.24) is 0 Å². The highest BCUT2D eigenvalue weighted by atomic mass is 35.5. The molecule has 96 valence electrons. The number of nitriles is 1. The Balaban J connectivity index is 2.10. The third-order valence-corrected chi connectivity index (χ3v) is 3.33. The predicted molar refractivity (Wildman–Crippen MR) is 76.7 cm³/mol. The molecule has 0 aromatic heterocycles. The largest absolute Gasteiger partial charge is 0.489 e. The number of hydrogen-bond acceptors (Lipinski definition) is 2. The van der Waals surface area contributed by atoms with Gasteiger partial charge in [0.1, 0.15) is 18.4 Å². The number of nitrogens with zero attached hydrogens (tertiary/aromatic N) is 1. The molecule has 19 heavy (non-hydrogen) atoms. The Labute approximate surface area is 122 Å². The first kappa shape index (κ1) is 13.7. The van der Waals surface area contributed by atoms with Gasteiger partial charge in [0.15, 0.2) is 0 Å². The smallest absolute Gasteiger partial charge is 0.121 e. The number of rotatable bonds is 3. The molecular weight excluding hydrogens is 281 g/mol. The lowest BCUT2D eigenvalue weighted by Crippen LogP contribution is -1.96. The van der Waals surface area contributed by atoms with Gasteiger partial charge >= 0.3 is 0 Å². The van der Waals surface area contributed by atoms with Gasteiger partial charge in [0.25, 0.3) is 0 Å². The van der Waals surface area contributed by atoms with E-state index in [1.54, 1.807) is 18.2 Å². The monoisotopic (exact) mass is 291 g/mol. The van der Waals surface area contributed by atoms with Crippen LogP contribution in [0.2, 0.25) is 10.0 Å². The summed E-state index contributed by atoms with van der Waals surface area (Å²) in [6.45, 7) is 2.35. The topological polar surface area (TPSA) is 33.0 Å². The van der Waals surface area contributed by atoms with E-state index >= 15 is 0 Å². The van der Waals surface area contributed by atoms with Crippen LogP contribution in [0.15, 0.2) is 36.4 Å². The van der Waals surface area contributed by atoms with Crippen molar-refractivity contribution in [3.05, 3.63) is 63.1 Å². The Bertz CT molecular complexity index is 647. The van der Waals surface area contributed by atoms with E-state index in [2.05, 4.69) is 0 Å². The lowest BCUT2D eigenvalue weighted by atomic mass is 10.1. The molecule has 0 heterocycles. The van der Waals surface area contributed by atoms with Crippen LogP contribution < -0.4 is 4.74 Å². The van der Waals surface area contributed by atoms with E-state index in [4.69, 9.17) is 33.2 Å². The summed E-state index contributed by atoms with van der Waals surface area (Å²) in [5.74, 6) is 0.612. The molecule has 0 aliphatic carbocycles. The van der Waals surface area contributed by atoms with Gasteiger partial charge in [-0.15, -0.1) is 0 Å². The fourth-order valence-corrected chi connectivity index (χ4v) is 2.11. The van der Waals surface area contributed by atoms with Crippen LogP contribution in [0.4, 0.5) is 0 Å². The minimum atomic E-state index is 0.362. The van der Waals surface area contributed by atoms with Gasteiger partial charge in [0.2, 0.25) is 0 Å². The Hall–Kier alpha value is -1.69. The summed E-state index contributed by atoms with van der Waals surface area (Å²) < 4.78 is 5.61. The lowest BCUT2D eigenvalue weighted by molar-refractivity contribution is 0.306. The molecule has 0 atom stereocenters. The normalized spacial score (nSPS) is 10.0. The van der Waals surface area contributed by atoms with Crippen LogP contribution in [0.3, 0.4) is 0 Å². The number of ether oxygens (including phenoxy) is 1. The maximum atomic E-state index is 8.79. The summed E-state index contributed by atoms with van der Waals surface area (Å²) in [6, 6.07) is 12.8. The molecule has 0 radical (unpaired) electrons. The first-order valence-corrected chi connectivity index (χ1v) is 6.43. The Morgan fingerprint density at radius 2 is 1.89 bits per heavy atom. The maximum Gasteiger partial charge on any atom is 0.121 e. The van der Waals surface area contributed by atoms with E-state index in [1.165, 1.54) is 0 Å². The fraction of sp³-hybridized carbons (Fsp3) is 0.133. The average Bonchev–Trinajstić information content (AvgIpc) is 2.38. The van der Waals surface area contributed by atoms with Crippen LogP contribution in [0.5, 0.6) is 5.75 Å². The van der Waals surface area contributed by atoms with Crippen molar-refractivity contribution in [3.63, 3.8) is 0 Å². The number of benzene rings is 2.